The molecule has 20 heteroatoms. The van der Waals surface area contributed by atoms with Crippen LogP contribution in [-0.2, 0) is 9.31 Å². The number of hydrogen-bond acceptors (Lipinski definition) is 15. The number of carbonyl (C=O) groups is 1. The number of thiol groups is 1. The largest absolute Gasteiger partial charge is 0.494 e. The van der Waals surface area contributed by atoms with Crippen LogP contribution >= 0.6 is 122 Å². The number of rotatable bonds is 15. The van der Waals surface area contributed by atoms with Crippen LogP contribution in [0.25, 0.3) is 117 Å². The normalized spacial score (nSPS) is 12.0. The summed E-state index contributed by atoms with van der Waals surface area (Å²) in [4.78, 5) is 34.3. The quantitative estimate of drug-likeness (QED) is 0.0444. The lowest BCUT2D eigenvalue weighted by Gasteiger charge is -2.32. The van der Waals surface area contributed by atoms with Crippen LogP contribution in [0.1, 0.15) is 67.7 Å². The number of benzene rings is 18. The number of anilines is 7. The molecule has 0 unspecified atom stereocenters. The fourth-order valence-corrected chi connectivity index (χ4v) is 20.6. The summed E-state index contributed by atoms with van der Waals surface area (Å²) in [5.41, 5.74) is 35.3. The van der Waals surface area contributed by atoms with Crippen molar-refractivity contribution in [3.63, 3.8) is 0 Å². The minimum absolute atomic E-state index is 0. The van der Waals surface area contributed by atoms with Crippen LogP contribution in [0.5, 0.6) is 0 Å². The van der Waals surface area contributed by atoms with E-state index >= 15 is 0 Å². The van der Waals surface area contributed by atoms with Crippen molar-refractivity contribution in [3.8, 4) is 75.7 Å². The van der Waals surface area contributed by atoms with Crippen molar-refractivity contribution in [3.05, 3.63) is 482 Å². The lowest BCUT2D eigenvalue weighted by Crippen LogP contribution is -2.41. The molecule has 144 heavy (non-hydrogen) atoms. The fraction of sp³-hybridized carbons (Fsp3) is 0.0887. The Labute approximate surface area is 899 Å². The molecule has 0 atom stereocenters. The third kappa shape index (κ3) is 26.7. The lowest BCUT2D eigenvalue weighted by molar-refractivity contribution is 0.00578. The molecule has 0 spiro atoms. The predicted molar refractivity (Wildman–Crippen MR) is 634 cm³/mol. The second-order valence-electron chi connectivity index (χ2n) is 35.2. The zero-order chi connectivity index (χ0) is 99.5. The van der Waals surface area contributed by atoms with Crippen molar-refractivity contribution < 1.29 is 14.1 Å². The Kier molecular flexibility index (Phi) is 34.9. The van der Waals surface area contributed by atoms with Crippen LogP contribution in [0, 0.1) is 27.7 Å². The average Bonchev–Trinajstić information content (AvgIpc) is 1.63. The van der Waals surface area contributed by atoms with E-state index in [1.807, 2.05) is 121 Å². The molecule has 10 nitrogen and oxygen atoms in total. The molecule has 0 aliphatic carbocycles. The molecule has 5 heterocycles. The lowest BCUT2D eigenvalue weighted by atomic mass is 9.79. The van der Waals surface area contributed by atoms with Gasteiger partial charge in [-0.3, -0.25) is 4.79 Å². The first-order valence-electron chi connectivity index (χ1n) is 46.5. The summed E-state index contributed by atoms with van der Waals surface area (Å²) >= 11 is 24.6. The number of nitrogen functional groups attached to an aromatic ring is 1. The van der Waals surface area contributed by atoms with Crippen LogP contribution in [0.2, 0.25) is 0 Å². The number of nitrogens with zero attached hydrogens (tertiary/aromatic N) is 6. The summed E-state index contributed by atoms with van der Waals surface area (Å²) in [6.07, 6.45) is 0.826. The van der Waals surface area contributed by atoms with Gasteiger partial charge < -0.3 is 24.8 Å². The summed E-state index contributed by atoms with van der Waals surface area (Å²) in [5, 5.41) is 4.25. The van der Waals surface area contributed by atoms with Crippen LogP contribution < -0.4 is 21.0 Å². The van der Waals surface area contributed by atoms with Crippen molar-refractivity contribution in [1.29, 1.82) is 0 Å². The number of halogens is 4. The number of thiazole rings is 4. The smallest absolute Gasteiger partial charge is 0.399 e. The van der Waals surface area contributed by atoms with Crippen LogP contribution in [-0.4, -0.2) is 44.5 Å². The molecule has 0 bridgehead atoms. The molecule has 714 valence electrons. The van der Waals surface area contributed by atoms with Gasteiger partial charge in [0.2, 0.25) is 0 Å². The third-order valence-electron chi connectivity index (χ3n) is 24.3. The van der Waals surface area contributed by atoms with Crippen molar-refractivity contribution in [2.24, 2.45) is 0 Å². The Morgan fingerprint density at radius 1 is 0.285 bits per heavy atom. The molecule has 4 aromatic heterocycles. The Hall–Kier alpha value is -13.2. The first-order chi connectivity index (χ1) is 69.3. The summed E-state index contributed by atoms with van der Waals surface area (Å²) in [6.45, 7) is 16.8. The fourth-order valence-electron chi connectivity index (χ4n) is 15.5. The topological polar surface area (TPSA) is 120 Å². The highest BCUT2D eigenvalue weighted by molar-refractivity contribution is 9.11. The molecule has 18 aromatic carbocycles. The standard InChI is InChI=1S/C39H30N2S.C26H22BrN.C19H20BNO2S.2C13H8BrNS.C7H5BrO.C6H7NS.CH4/c1-27-7-21-34(22-8-27)41(35-23-9-28(2)10-24-35)36-25-19-32(20-26-36)30-13-11-29(12-14-30)31-15-17-33(18-16-31)39-40-37-5-3-4-6-38(37)42-39;1-19-3-13-24(14-4-19)28(25-15-5-20(2)6-16-25)26-17-9-22(10-18-26)21-7-11-23(27)12-8-21;1-18(2)19(3,4)23-20(22-18)14-11-9-13(10-12-14)17-21-15-7-5-6-8-16(15)24-17;2*14-10-7-5-9(6-8-10)13-15-11-3-1-2-4-12(11)16-13;8-7-3-1-6(5-9)2-4-7;7-5-3-1-2-4-6(5)8;/h3-26H,1-2H3;3-18H,1-2H3;5-12H,1-4H3;2*1-8H;1-5H;1-4,8H,7H2;1H4. The highest BCUT2D eigenvalue weighted by atomic mass is 79.9. The van der Waals surface area contributed by atoms with Gasteiger partial charge in [-0.15, -0.1) is 58.0 Å². The Morgan fingerprint density at radius 2 is 0.493 bits per heavy atom. The van der Waals surface area contributed by atoms with Crippen LogP contribution in [0.4, 0.5) is 39.8 Å². The highest BCUT2D eigenvalue weighted by Crippen LogP contribution is 2.43. The van der Waals surface area contributed by atoms with E-state index in [2.05, 4.69) is 455 Å². The molecular weight excluding hydrogens is 2130 g/mol. The minimum atomic E-state index is -0.320. The van der Waals surface area contributed by atoms with Crippen molar-refractivity contribution in [2.75, 3.05) is 15.5 Å². The van der Waals surface area contributed by atoms with Gasteiger partial charge in [0.05, 0.1) is 52.1 Å². The van der Waals surface area contributed by atoms with Gasteiger partial charge in [-0.25, -0.2) is 19.9 Å². The van der Waals surface area contributed by atoms with Gasteiger partial charge in [0, 0.05) is 90.4 Å². The Bertz CT molecular complexity index is 7600. The second kappa shape index (κ2) is 48.5. The van der Waals surface area contributed by atoms with E-state index in [1.165, 1.54) is 85.6 Å². The van der Waals surface area contributed by atoms with Gasteiger partial charge in [0.15, 0.2) is 0 Å². The number of aldehydes is 1. The van der Waals surface area contributed by atoms with Gasteiger partial charge in [-0.05, 0) is 276 Å². The van der Waals surface area contributed by atoms with Gasteiger partial charge >= 0.3 is 7.12 Å². The molecule has 0 radical (unpaired) electrons. The number of nitrogens with two attached hydrogens (primary N) is 1. The molecule has 0 saturated carbocycles. The van der Waals surface area contributed by atoms with Gasteiger partial charge in [0.25, 0.3) is 0 Å². The molecule has 0 amide bonds. The third-order valence-corrected chi connectivity index (χ3v) is 31.1. The van der Waals surface area contributed by atoms with E-state index in [0.717, 1.165) is 128 Å². The van der Waals surface area contributed by atoms with E-state index in [0.29, 0.717) is 5.56 Å². The van der Waals surface area contributed by atoms with E-state index in [9.17, 15) is 4.79 Å². The summed E-state index contributed by atoms with van der Waals surface area (Å²) in [7, 11) is -0.320. The average molecular weight is 2230 g/mol. The first-order valence-corrected chi connectivity index (χ1v) is 53.4. The van der Waals surface area contributed by atoms with E-state index in [-0.39, 0.29) is 25.7 Å². The number of aromatic nitrogens is 4. The predicted octanol–water partition coefficient (Wildman–Crippen LogP) is 37.8. The molecule has 22 aromatic rings. The highest BCUT2D eigenvalue weighted by Gasteiger charge is 2.51. The second-order valence-corrected chi connectivity index (χ2v) is 43.4. The number of aryl methyl sites for hydroxylation is 4. The maximum Gasteiger partial charge on any atom is 0.494 e. The maximum absolute atomic E-state index is 10.1. The van der Waals surface area contributed by atoms with Crippen LogP contribution in [0.3, 0.4) is 0 Å². The van der Waals surface area contributed by atoms with E-state index < -0.39 is 0 Å². The Morgan fingerprint density at radius 3 is 0.736 bits per heavy atom. The van der Waals surface area contributed by atoms with Crippen LogP contribution in [0.15, 0.2) is 460 Å². The number of hydrogen-bond donors (Lipinski definition) is 2. The van der Waals surface area contributed by atoms with E-state index in [4.69, 9.17) is 25.0 Å². The number of fused-ring (bicyclic) bond motifs is 4. The maximum atomic E-state index is 10.1. The number of para-hydroxylation sites is 5. The molecule has 1 aliphatic rings. The molecule has 1 fully saturated rings. The zero-order valence-corrected chi connectivity index (χ0v) is 90.3. The molecule has 1 aliphatic heterocycles. The molecular formula is C124H104BBr4N7O3S5. The van der Waals surface area contributed by atoms with Gasteiger partial charge in [-0.1, -0.05) is 348 Å². The Balaban J connectivity index is 0.000000128. The summed E-state index contributed by atoms with van der Waals surface area (Å²) < 4.78 is 21.4. The first kappa shape index (κ1) is 104. The summed E-state index contributed by atoms with van der Waals surface area (Å²) in [6, 6.07) is 151. The molecule has 1 saturated heterocycles. The monoisotopic (exact) mass is 2230 g/mol. The van der Waals surface area contributed by atoms with Gasteiger partial charge in [-0.2, -0.15) is 0 Å². The van der Waals surface area contributed by atoms with Gasteiger partial charge in [0.1, 0.15) is 26.3 Å². The van der Waals surface area contributed by atoms with Crippen molar-refractivity contribution in [1.82, 2.24) is 19.9 Å². The summed E-state index contributed by atoms with van der Waals surface area (Å²) in [5.74, 6) is 0. The zero-order valence-electron chi connectivity index (χ0n) is 79.8. The molecule has 23 rings (SSSR count). The minimum Gasteiger partial charge on any atom is -0.399 e. The van der Waals surface area contributed by atoms with E-state index in [1.54, 1.807) is 57.5 Å². The SMILES string of the molecule is Brc1ccc(-c2nc3ccccc3s2)cc1.Brc1ccc(-c2nc3ccccc3s2)cc1.C.CC1(C)OB(c2ccc(-c3nc4ccccc4s3)cc2)OC1(C)C.Cc1ccc(N(c2ccc(C)cc2)c2ccc(-c3ccc(-c4ccc(-c5nc6ccccc6s5)cc4)cc3)cc2)cc1.Cc1ccc(N(c2ccc(C)cc2)c2ccc(-c3ccc(Br)cc3)cc2)cc1.Nc1ccccc1S.O=Cc1ccc(Br)cc1. The van der Waals surface area contributed by atoms with Crippen molar-refractivity contribution in [2.45, 2.75) is 78.9 Å². The van der Waals surface area contributed by atoms with Crippen molar-refractivity contribution >= 4 is 221 Å². The molecule has 2 N–H and O–H groups in total. The number of carbonyl (C=O) groups excluding carboxylic acids is 1.